The highest BCUT2D eigenvalue weighted by molar-refractivity contribution is 7.89. The molecular formula is C12H18F2N2O2S. The van der Waals surface area contributed by atoms with Gasteiger partial charge in [-0.25, -0.2) is 21.9 Å². The SMILES string of the molecule is CCC(N)(CC)CNS(=O)(=O)c1ccc(F)c(F)c1. The summed E-state index contributed by atoms with van der Waals surface area (Å²) in [5.41, 5.74) is 5.33. The first-order chi connectivity index (χ1) is 8.74. The van der Waals surface area contributed by atoms with Crippen molar-refractivity contribution in [3.63, 3.8) is 0 Å². The lowest BCUT2D eigenvalue weighted by Crippen LogP contribution is -2.49. The van der Waals surface area contributed by atoms with Gasteiger partial charge in [0.2, 0.25) is 10.0 Å². The maximum atomic E-state index is 13.0. The molecule has 0 amide bonds. The standard InChI is InChI=1S/C12H18F2N2O2S/c1-3-12(15,4-2)8-16-19(17,18)9-5-6-10(13)11(14)7-9/h5-7,16H,3-4,8,15H2,1-2H3. The first-order valence-corrected chi connectivity index (χ1v) is 7.46. The average Bonchev–Trinajstić information content (AvgIpc) is 2.39. The van der Waals surface area contributed by atoms with Gasteiger partial charge in [-0.3, -0.25) is 0 Å². The molecule has 1 aromatic rings. The van der Waals surface area contributed by atoms with Crippen molar-refractivity contribution in [2.24, 2.45) is 5.73 Å². The minimum Gasteiger partial charge on any atom is -0.324 e. The van der Waals surface area contributed by atoms with Gasteiger partial charge in [-0.05, 0) is 31.0 Å². The van der Waals surface area contributed by atoms with Gasteiger partial charge in [0.05, 0.1) is 4.90 Å². The topological polar surface area (TPSA) is 72.2 Å². The number of benzene rings is 1. The Morgan fingerprint density at radius 1 is 1.21 bits per heavy atom. The molecule has 0 unspecified atom stereocenters. The van der Waals surface area contributed by atoms with Crippen molar-refractivity contribution in [2.75, 3.05) is 6.54 Å². The van der Waals surface area contributed by atoms with Crippen LogP contribution >= 0.6 is 0 Å². The summed E-state index contributed by atoms with van der Waals surface area (Å²) in [6.07, 6.45) is 1.20. The summed E-state index contributed by atoms with van der Waals surface area (Å²) in [6, 6.07) is 2.43. The maximum Gasteiger partial charge on any atom is 0.240 e. The lowest BCUT2D eigenvalue weighted by atomic mass is 9.95. The average molecular weight is 292 g/mol. The van der Waals surface area contributed by atoms with Crippen LogP contribution in [0.15, 0.2) is 23.1 Å². The highest BCUT2D eigenvalue weighted by atomic mass is 32.2. The highest BCUT2D eigenvalue weighted by Crippen LogP contribution is 2.15. The Bertz CT molecular complexity index is 543. The first-order valence-electron chi connectivity index (χ1n) is 5.97. The second-order valence-electron chi connectivity index (χ2n) is 4.47. The van der Waals surface area contributed by atoms with Crippen LogP contribution in [-0.4, -0.2) is 20.5 Å². The fraction of sp³-hybridized carbons (Fsp3) is 0.500. The second-order valence-corrected chi connectivity index (χ2v) is 6.24. The summed E-state index contributed by atoms with van der Waals surface area (Å²) in [7, 11) is -3.89. The second kappa shape index (κ2) is 5.94. The number of hydrogen-bond donors (Lipinski definition) is 2. The molecule has 0 aliphatic carbocycles. The summed E-state index contributed by atoms with van der Waals surface area (Å²) in [5.74, 6) is -2.29. The Kier molecular flexibility index (Phi) is 5.00. The fourth-order valence-electron chi connectivity index (χ4n) is 1.47. The van der Waals surface area contributed by atoms with Crippen molar-refractivity contribution in [1.29, 1.82) is 0 Å². The van der Waals surface area contributed by atoms with Crippen LogP contribution in [0.1, 0.15) is 26.7 Å². The number of nitrogens with two attached hydrogens (primary N) is 1. The zero-order chi connectivity index (χ0) is 14.7. The molecule has 0 bridgehead atoms. The number of nitrogens with one attached hydrogen (secondary N) is 1. The van der Waals surface area contributed by atoms with Crippen molar-refractivity contribution >= 4 is 10.0 Å². The normalized spacial score (nSPS) is 12.7. The van der Waals surface area contributed by atoms with E-state index in [1.807, 2.05) is 13.8 Å². The molecule has 0 atom stereocenters. The van der Waals surface area contributed by atoms with Gasteiger partial charge in [-0.1, -0.05) is 13.8 Å². The number of hydrogen-bond acceptors (Lipinski definition) is 3. The molecule has 3 N–H and O–H groups in total. The van der Waals surface area contributed by atoms with Crippen LogP contribution in [0.2, 0.25) is 0 Å². The molecule has 4 nitrogen and oxygen atoms in total. The predicted molar refractivity (Wildman–Crippen MR) is 69.0 cm³/mol. The Balaban J connectivity index is 2.90. The number of sulfonamides is 1. The zero-order valence-electron chi connectivity index (χ0n) is 10.9. The van der Waals surface area contributed by atoms with E-state index in [2.05, 4.69) is 4.72 Å². The van der Waals surface area contributed by atoms with Gasteiger partial charge >= 0.3 is 0 Å². The van der Waals surface area contributed by atoms with Crippen LogP contribution in [-0.2, 0) is 10.0 Å². The Morgan fingerprint density at radius 2 is 1.79 bits per heavy atom. The monoisotopic (exact) mass is 292 g/mol. The van der Waals surface area contributed by atoms with Crippen molar-refractivity contribution in [1.82, 2.24) is 4.72 Å². The Morgan fingerprint density at radius 3 is 2.26 bits per heavy atom. The molecule has 0 aromatic heterocycles. The van der Waals surface area contributed by atoms with Crippen molar-refractivity contribution in [2.45, 2.75) is 37.1 Å². The number of rotatable bonds is 6. The summed E-state index contributed by atoms with van der Waals surface area (Å²) in [4.78, 5) is -0.319. The highest BCUT2D eigenvalue weighted by Gasteiger charge is 2.24. The molecule has 0 saturated heterocycles. The zero-order valence-corrected chi connectivity index (χ0v) is 11.7. The van der Waals surface area contributed by atoms with Crippen LogP contribution in [0.25, 0.3) is 0 Å². The molecule has 19 heavy (non-hydrogen) atoms. The molecule has 0 aliphatic heterocycles. The van der Waals surface area contributed by atoms with E-state index < -0.39 is 27.2 Å². The quantitative estimate of drug-likeness (QED) is 0.839. The van der Waals surface area contributed by atoms with E-state index in [9.17, 15) is 17.2 Å². The third-order valence-electron chi connectivity index (χ3n) is 3.22. The smallest absolute Gasteiger partial charge is 0.240 e. The molecule has 1 rings (SSSR count). The van der Waals surface area contributed by atoms with Gasteiger partial charge in [0.1, 0.15) is 0 Å². The Labute approximate surface area is 112 Å². The van der Waals surface area contributed by atoms with Crippen LogP contribution in [0.5, 0.6) is 0 Å². The summed E-state index contributed by atoms with van der Waals surface area (Å²) in [5, 5.41) is 0. The molecule has 0 fully saturated rings. The summed E-state index contributed by atoms with van der Waals surface area (Å²) >= 11 is 0. The van der Waals surface area contributed by atoms with Gasteiger partial charge < -0.3 is 5.73 Å². The van der Waals surface area contributed by atoms with Gasteiger partial charge in [0.15, 0.2) is 11.6 Å². The van der Waals surface area contributed by atoms with E-state index in [0.717, 1.165) is 12.1 Å². The van der Waals surface area contributed by atoms with Gasteiger partial charge in [-0.15, -0.1) is 0 Å². The van der Waals surface area contributed by atoms with Crippen molar-refractivity contribution < 1.29 is 17.2 Å². The number of halogens is 2. The largest absolute Gasteiger partial charge is 0.324 e. The van der Waals surface area contributed by atoms with E-state index in [4.69, 9.17) is 5.73 Å². The molecule has 0 spiro atoms. The van der Waals surface area contributed by atoms with Crippen molar-refractivity contribution in [3.05, 3.63) is 29.8 Å². The predicted octanol–water partition coefficient (Wildman–Crippen LogP) is 1.76. The van der Waals surface area contributed by atoms with Gasteiger partial charge in [-0.2, -0.15) is 0 Å². The molecule has 0 radical (unpaired) electrons. The van der Waals surface area contributed by atoms with Crippen LogP contribution in [0.3, 0.4) is 0 Å². The van der Waals surface area contributed by atoms with Gasteiger partial charge in [0.25, 0.3) is 0 Å². The van der Waals surface area contributed by atoms with E-state index in [0.29, 0.717) is 18.9 Å². The van der Waals surface area contributed by atoms with E-state index >= 15 is 0 Å². The summed E-state index contributed by atoms with van der Waals surface area (Å²) in [6.45, 7) is 3.76. The minimum atomic E-state index is -3.89. The summed E-state index contributed by atoms with van der Waals surface area (Å²) < 4.78 is 51.9. The fourth-order valence-corrected chi connectivity index (χ4v) is 2.62. The molecular weight excluding hydrogens is 274 g/mol. The lowest BCUT2D eigenvalue weighted by molar-refractivity contribution is 0.391. The first kappa shape index (κ1) is 16.0. The molecule has 0 saturated carbocycles. The third-order valence-corrected chi connectivity index (χ3v) is 4.62. The van der Waals surface area contributed by atoms with E-state index in [1.165, 1.54) is 0 Å². The van der Waals surface area contributed by atoms with Gasteiger partial charge in [0, 0.05) is 12.1 Å². The third kappa shape index (κ3) is 3.95. The minimum absolute atomic E-state index is 0.0430. The van der Waals surface area contributed by atoms with Crippen LogP contribution in [0, 0.1) is 11.6 Å². The van der Waals surface area contributed by atoms with Crippen LogP contribution < -0.4 is 10.5 Å². The van der Waals surface area contributed by atoms with E-state index in [1.54, 1.807) is 0 Å². The maximum absolute atomic E-state index is 13.0. The molecule has 7 heteroatoms. The lowest BCUT2D eigenvalue weighted by Gasteiger charge is -2.26. The molecule has 0 heterocycles. The van der Waals surface area contributed by atoms with Crippen molar-refractivity contribution in [3.8, 4) is 0 Å². The molecule has 0 aliphatic rings. The Hall–Kier alpha value is -1.05. The molecule has 108 valence electrons. The van der Waals surface area contributed by atoms with E-state index in [-0.39, 0.29) is 11.4 Å². The van der Waals surface area contributed by atoms with Crippen LogP contribution in [0.4, 0.5) is 8.78 Å². The molecule has 1 aromatic carbocycles.